The van der Waals surface area contributed by atoms with Crippen LogP contribution in [0.4, 0.5) is 13.2 Å². The van der Waals surface area contributed by atoms with Gasteiger partial charge in [-0.15, -0.1) is 0 Å². The van der Waals surface area contributed by atoms with Crippen molar-refractivity contribution in [2.75, 3.05) is 0 Å². The van der Waals surface area contributed by atoms with Crippen LogP contribution in [0, 0.1) is 0 Å². The van der Waals surface area contributed by atoms with Crippen molar-refractivity contribution in [3.63, 3.8) is 0 Å². The standard InChI is InChI=1S/C8H4Br3F3/c9-3-5-6(8(12,13)14)1-4(10)2-7(5)11/h1-2H,3H2. The quantitative estimate of drug-likeness (QED) is 0.578. The molecule has 0 heterocycles. The molecule has 6 heteroatoms. The van der Waals surface area contributed by atoms with Crippen molar-refractivity contribution >= 4 is 47.8 Å². The van der Waals surface area contributed by atoms with Crippen LogP contribution in [0.3, 0.4) is 0 Å². The molecule has 78 valence electrons. The van der Waals surface area contributed by atoms with Gasteiger partial charge in [0, 0.05) is 14.3 Å². The summed E-state index contributed by atoms with van der Waals surface area (Å²) in [5, 5.41) is 0.162. The number of halogens is 6. The van der Waals surface area contributed by atoms with Crippen LogP contribution in [-0.4, -0.2) is 0 Å². The molecule has 1 rings (SSSR count). The molecule has 0 unspecified atom stereocenters. The molecule has 0 saturated carbocycles. The third kappa shape index (κ3) is 2.73. The van der Waals surface area contributed by atoms with Crippen LogP contribution >= 0.6 is 47.8 Å². The predicted octanol–water partition coefficient (Wildman–Crippen LogP) is 5.13. The SMILES string of the molecule is FC(F)(F)c1cc(Br)cc(Br)c1CBr. The van der Waals surface area contributed by atoms with Crippen molar-refractivity contribution in [1.82, 2.24) is 0 Å². The lowest BCUT2D eigenvalue weighted by molar-refractivity contribution is -0.138. The number of hydrogen-bond donors (Lipinski definition) is 0. The zero-order valence-electron chi connectivity index (χ0n) is 6.63. The summed E-state index contributed by atoms with van der Waals surface area (Å²) in [6, 6.07) is 2.66. The van der Waals surface area contributed by atoms with Gasteiger partial charge in [0.15, 0.2) is 0 Å². The number of hydrogen-bond acceptors (Lipinski definition) is 0. The van der Waals surface area contributed by atoms with Gasteiger partial charge in [0.1, 0.15) is 0 Å². The second kappa shape index (κ2) is 4.53. The normalized spacial score (nSPS) is 11.9. The Hall–Kier alpha value is 0.450. The van der Waals surface area contributed by atoms with Gasteiger partial charge >= 0.3 is 6.18 Å². The maximum Gasteiger partial charge on any atom is 0.416 e. The molecule has 0 aliphatic rings. The summed E-state index contributed by atoms with van der Waals surface area (Å²) in [6.07, 6.45) is -4.32. The van der Waals surface area contributed by atoms with Crippen LogP contribution in [-0.2, 0) is 11.5 Å². The molecule has 14 heavy (non-hydrogen) atoms. The molecule has 0 atom stereocenters. The van der Waals surface area contributed by atoms with E-state index in [0.717, 1.165) is 6.07 Å². The summed E-state index contributed by atoms with van der Waals surface area (Å²) in [6.45, 7) is 0. The lowest BCUT2D eigenvalue weighted by atomic mass is 10.1. The van der Waals surface area contributed by atoms with Crippen LogP contribution in [0.15, 0.2) is 21.1 Å². The Balaban J connectivity index is 3.40. The molecule has 0 aromatic heterocycles. The van der Waals surface area contributed by atoms with E-state index >= 15 is 0 Å². The van der Waals surface area contributed by atoms with Crippen LogP contribution in [0.1, 0.15) is 11.1 Å². The Kier molecular flexibility index (Phi) is 4.05. The molecule has 0 fully saturated rings. The van der Waals surface area contributed by atoms with Crippen molar-refractivity contribution in [3.05, 3.63) is 32.2 Å². The number of rotatable bonds is 1. The van der Waals surface area contributed by atoms with Crippen LogP contribution < -0.4 is 0 Å². The van der Waals surface area contributed by atoms with Crippen LogP contribution in [0.5, 0.6) is 0 Å². The first kappa shape index (κ1) is 12.5. The highest BCUT2D eigenvalue weighted by Gasteiger charge is 2.34. The minimum Gasteiger partial charge on any atom is -0.166 e. The third-order valence-corrected chi connectivity index (χ3v) is 3.33. The average molecular weight is 397 g/mol. The Bertz CT molecular complexity index is 346. The summed E-state index contributed by atoms with van der Waals surface area (Å²) in [5.74, 6) is 0. The molecule has 1 aromatic rings. The largest absolute Gasteiger partial charge is 0.416 e. The van der Waals surface area contributed by atoms with E-state index in [2.05, 4.69) is 47.8 Å². The Morgan fingerprint density at radius 1 is 1.14 bits per heavy atom. The monoisotopic (exact) mass is 394 g/mol. The van der Waals surface area contributed by atoms with E-state index in [-0.39, 0.29) is 10.9 Å². The van der Waals surface area contributed by atoms with Gasteiger partial charge in [0.2, 0.25) is 0 Å². The third-order valence-electron chi connectivity index (χ3n) is 1.60. The Morgan fingerprint density at radius 3 is 2.14 bits per heavy atom. The number of benzene rings is 1. The highest BCUT2D eigenvalue weighted by Crippen LogP contribution is 2.38. The highest BCUT2D eigenvalue weighted by molar-refractivity contribution is 9.11. The van der Waals surface area contributed by atoms with E-state index < -0.39 is 11.7 Å². The zero-order chi connectivity index (χ0) is 10.9. The van der Waals surface area contributed by atoms with Gasteiger partial charge in [0.25, 0.3) is 0 Å². The summed E-state index contributed by atoms with van der Waals surface area (Å²) in [4.78, 5) is 0. The zero-order valence-corrected chi connectivity index (χ0v) is 11.4. The summed E-state index contributed by atoms with van der Waals surface area (Å²) in [7, 11) is 0. The molecule has 0 amide bonds. The van der Waals surface area contributed by atoms with E-state index in [4.69, 9.17) is 0 Å². The van der Waals surface area contributed by atoms with Gasteiger partial charge < -0.3 is 0 Å². The smallest absolute Gasteiger partial charge is 0.166 e. The molecule has 0 saturated heterocycles. The van der Waals surface area contributed by atoms with Gasteiger partial charge in [0.05, 0.1) is 5.56 Å². The molecule has 0 bridgehead atoms. The maximum atomic E-state index is 12.5. The fourth-order valence-corrected chi connectivity index (χ4v) is 3.34. The minimum atomic E-state index is -4.32. The van der Waals surface area contributed by atoms with E-state index in [9.17, 15) is 13.2 Å². The number of alkyl halides is 4. The topological polar surface area (TPSA) is 0 Å². The molecule has 0 aliphatic carbocycles. The summed E-state index contributed by atoms with van der Waals surface area (Å²) < 4.78 is 38.4. The molecule has 0 nitrogen and oxygen atoms in total. The van der Waals surface area contributed by atoms with Gasteiger partial charge in [-0.05, 0) is 17.7 Å². The summed E-state index contributed by atoms with van der Waals surface area (Å²) >= 11 is 9.14. The van der Waals surface area contributed by atoms with Gasteiger partial charge in [-0.25, -0.2) is 0 Å². The average Bonchev–Trinajstić information content (AvgIpc) is 2.01. The molecule has 0 aliphatic heterocycles. The molecule has 0 spiro atoms. The highest BCUT2D eigenvalue weighted by atomic mass is 79.9. The van der Waals surface area contributed by atoms with E-state index in [1.807, 2.05) is 0 Å². The van der Waals surface area contributed by atoms with E-state index in [0.29, 0.717) is 8.95 Å². The van der Waals surface area contributed by atoms with E-state index in [1.54, 1.807) is 6.07 Å². The Labute approximate surface area is 104 Å². The van der Waals surface area contributed by atoms with Crippen molar-refractivity contribution in [1.29, 1.82) is 0 Å². The van der Waals surface area contributed by atoms with Crippen molar-refractivity contribution in [2.24, 2.45) is 0 Å². The molecular weight excluding hydrogens is 393 g/mol. The van der Waals surface area contributed by atoms with E-state index in [1.165, 1.54) is 0 Å². The van der Waals surface area contributed by atoms with Gasteiger partial charge in [-0.2, -0.15) is 13.2 Å². The van der Waals surface area contributed by atoms with Crippen molar-refractivity contribution in [2.45, 2.75) is 11.5 Å². The second-order valence-corrected chi connectivity index (χ2v) is 4.88. The molecule has 0 radical (unpaired) electrons. The van der Waals surface area contributed by atoms with Crippen molar-refractivity contribution in [3.8, 4) is 0 Å². The molecule has 0 N–H and O–H groups in total. The minimum absolute atomic E-state index is 0.162. The van der Waals surface area contributed by atoms with Crippen LogP contribution in [0.2, 0.25) is 0 Å². The van der Waals surface area contributed by atoms with Crippen molar-refractivity contribution < 1.29 is 13.2 Å². The fourth-order valence-electron chi connectivity index (χ4n) is 0.992. The first-order valence-corrected chi connectivity index (χ1v) is 6.18. The Morgan fingerprint density at radius 2 is 1.71 bits per heavy atom. The maximum absolute atomic E-state index is 12.5. The molecule has 1 aromatic carbocycles. The predicted molar refractivity (Wildman–Crippen MR) is 59.5 cm³/mol. The summed E-state index contributed by atoms with van der Waals surface area (Å²) in [5.41, 5.74) is -0.420. The van der Waals surface area contributed by atoms with Gasteiger partial charge in [-0.1, -0.05) is 47.8 Å². The van der Waals surface area contributed by atoms with Gasteiger partial charge in [-0.3, -0.25) is 0 Å². The fraction of sp³-hybridized carbons (Fsp3) is 0.250. The first-order chi connectivity index (χ1) is 6.36. The van der Waals surface area contributed by atoms with Crippen LogP contribution in [0.25, 0.3) is 0 Å². The lowest BCUT2D eigenvalue weighted by Crippen LogP contribution is -2.09. The lowest BCUT2D eigenvalue weighted by Gasteiger charge is -2.13. The first-order valence-electron chi connectivity index (χ1n) is 3.47. The molecular formula is C8H4Br3F3. The second-order valence-electron chi connectivity index (χ2n) is 2.55.